The smallest absolute Gasteiger partial charge is 0.105 e. The average Bonchev–Trinajstić information content (AvgIpc) is 2.31. The lowest BCUT2D eigenvalue weighted by molar-refractivity contribution is 0.0855. The molecular weight excluding hydrogens is 184 g/mol. The molecule has 0 radical (unpaired) electrons. The van der Waals surface area contributed by atoms with E-state index in [4.69, 9.17) is 4.74 Å². The Morgan fingerprint density at radius 1 is 1.13 bits per heavy atom. The summed E-state index contributed by atoms with van der Waals surface area (Å²) >= 11 is 0. The predicted octanol–water partition coefficient (Wildman–Crippen LogP) is 3.87. The van der Waals surface area contributed by atoms with Gasteiger partial charge in [0.05, 0.1) is 6.26 Å². The topological polar surface area (TPSA) is 9.23 Å². The third-order valence-electron chi connectivity index (χ3n) is 3.20. The van der Waals surface area contributed by atoms with E-state index >= 15 is 0 Å². The Hall–Kier alpha value is -1.24. The second-order valence-electron chi connectivity index (χ2n) is 4.14. The normalized spacial score (nSPS) is 25.9. The molecule has 0 amide bonds. The van der Waals surface area contributed by atoms with Gasteiger partial charge in [0, 0.05) is 5.92 Å². The van der Waals surface area contributed by atoms with Gasteiger partial charge < -0.3 is 4.74 Å². The van der Waals surface area contributed by atoms with Crippen LogP contribution in [0.2, 0.25) is 0 Å². The van der Waals surface area contributed by atoms with E-state index in [9.17, 15) is 0 Å². The third-order valence-corrected chi connectivity index (χ3v) is 3.20. The second-order valence-corrected chi connectivity index (χ2v) is 4.14. The second kappa shape index (κ2) is 5.01. The van der Waals surface area contributed by atoms with Crippen molar-refractivity contribution in [3.05, 3.63) is 48.7 Å². The molecule has 0 bridgehead atoms. The summed E-state index contributed by atoms with van der Waals surface area (Å²) in [5.74, 6) is 0.554. The molecule has 15 heavy (non-hydrogen) atoms. The Bertz CT molecular complexity index is 304. The first-order valence-corrected chi connectivity index (χ1v) is 5.73. The molecule has 1 saturated carbocycles. The summed E-state index contributed by atoms with van der Waals surface area (Å²) in [4.78, 5) is 0. The fourth-order valence-corrected chi connectivity index (χ4v) is 2.46. The highest BCUT2D eigenvalue weighted by Crippen LogP contribution is 2.34. The summed E-state index contributed by atoms with van der Waals surface area (Å²) in [6, 6.07) is 10.7. The molecule has 0 saturated heterocycles. The van der Waals surface area contributed by atoms with Crippen LogP contribution in [0.5, 0.6) is 0 Å². The van der Waals surface area contributed by atoms with Crippen molar-refractivity contribution >= 4 is 0 Å². The Kier molecular flexibility index (Phi) is 3.44. The number of hydrogen-bond donors (Lipinski definition) is 0. The summed E-state index contributed by atoms with van der Waals surface area (Å²) in [5, 5.41) is 0. The molecule has 0 spiro atoms. The monoisotopic (exact) mass is 202 g/mol. The van der Waals surface area contributed by atoms with Gasteiger partial charge in [-0.1, -0.05) is 43.3 Å². The van der Waals surface area contributed by atoms with Gasteiger partial charge >= 0.3 is 0 Å². The maximum Gasteiger partial charge on any atom is 0.105 e. The van der Waals surface area contributed by atoms with E-state index in [0.29, 0.717) is 12.0 Å². The van der Waals surface area contributed by atoms with Crippen molar-refractivity contribution in [3.63, 3.8) is 0 Å². The van der Waals surface area contributed by atoms with Crippen LogP contribution in [0, 0.1) is 0 Å². The zero-order valence-electron chi connectivity index (χ0n) is 9.06. The van der Waals surface area contributed by atoms with Crippen molar-refractivity contribution in [2.24, 2.45) is 0 Å². The minimum atomic E-state index is 0.332. The Labute approximate surface area is 91.8 Å². The van der Waals surface area contributed by atoms with E-state index in [1.54, 1.807) is 6.26 Å². The molecule has 80 valence electrons. The standard InChI is InChI=1S/C14H18O/c1-2-15-14-11-7-6-10-13(14)12-8-4-3-5-9-12/h2-5,8-9,13-14H,1,6-7,10-11H2/t13-,14+/m1/s1. The molecule has 1 aromatic carbocycles. The van der Waals surface area contributed by atoms with Gasteiger partial charge in [0.2, 0.25) is 0 Å². The van der Waals surface area contributed by atoms with Crippen molar-refractivity contribution in [2.45, 2.75) is 37.7 Å². The van der Waals surface area contributed by atoms with Crippen LogP contribution >= 0.6 is 0 Å². The Morgan fingerprint density at radius 3 is 2.60 bits per heavy atom. The van der Waals surface area contributed by atoms with Crippen molar-refractivity contribution < 1.29 is 4.74 Å². The molecule has 2 atom stereocenters. The van der Waals surface area contributed by atoms with E-state index in [0.717, 1.165) is 6.42 Å². The van der Waals surface area contributed by atoms with Crippen LogP contribution in [0.15, 0.2) is 43.2 Å². The number of benzene rings is 1. The first-order chi connectivity index (χ1) is 7.42. The lowest BCUT2D eigenvalue weighted by atomic mass is 9.81. The maximum atomic E-state index is 5.61. The molecule has 0 aromatic heterocycles. The molecule has 1 heteroatoms. The molecule has 1 nitrogen and oxygen atoms in total. The maximum absolute atomic E-state index is 5.61. The Morgan fingerprint density at radius 2 is 1.87 bits per heavy atom. The Balaban J connectivity index is 2.14. The van der Waals surface area contributed by atoms with Crippen LogP contribution < -0.4 is 0 Å². The summed E-state index contributed by atoms with van der Waals surface area (Å²) in [6.45, 7) is 3.66. The van der Waals surface area contributed by atoms with Gasteiger partial charge in [-0.2, -0.15) is 0 Å². The molecule has 0 aliphatic heterocycles. The first kappa shape index (κ1) is 10.3. The van der Waals surface area contributed by atoms with Gasteiger partial charge in [-0.05, 0) is 24.8 Å². The highest BCUT2D eigenvalue weighted by molar-refractivity contribution is 5.21. The molecule has 2 rings (SSSR count). The highest BCUT2D eigenvalue weighted by atomic mass is 16.5. The van der Waals surface area contributed by atoms with Crippen molar-refractivity contribution in [1.29, 1.82) is 0 Å². The lowest BCUT2D eigenvalue weighted by Crippen LogP contribution is -2.24. The van der Waals surface area contributed by atoms with Gasteiger partial charge in [0.15, 0.2) is 0 Å². The minimum Gasteiger partial charge on any atom is -0.498 e. The van der Waals surface area contributed by atoms with Crippen molar-refractivity contribution in [3.8, 4) is 0 Å². The van der Waals surface area contributed by atoms with Crippen molar-refractivity contribution in [1.82, 2.24) is 0 Å². The zero-order valence-corrected chi connectivity index (χ0v) is 9.06. The zero-order chi connectivity index (χ0) is 10.5. The van der Waals surface area contributed by atoms with Crippen LogP contribution in [0.1, 0.15) is 37.2 Å². The summed E-state index contributed by atoms with van der Waals surface area (Å²) < 4.78 is 5.61. The molecule has 1 fully saturated rings. The van der Waals surface area contributed by atoms with Gasteiger partial charge in [-0.3, -0.25) is 0 Å². The van der Waals surface area contributed by atoms with Crippen LogP contribution in [0.4, 0.5) is 0 Å². The lowest BCUT2D eigenvalue weighted by Gasteiger charge is -2.31. The van der Waals surface area contributed by atoms with Crippen LogP contribution in [0.25, 0.3) is 0 Å². The van der Waals surface area contributed by atoms with E-state index in [2.05, 4.69) is 36.9 Å². The van der Waals surface area contributed by atoms with Crippen LogP contribution in [-0.2, 0) is 4.74 Å². The number of ether oxygens (including phenoxy) is 1. The number of rotatable bonds is 3. The van der Waals surface area contributed by atoms with Gasteiger partial charge in [-0.25, -0.2) is 0 Å². The van der Waals surface area contributed by atoms with Crippen LogP contribution in [0.3, 0.4) is 0 Å². The minimum absolute atomic E-state index is 0.332. The molecule has 0 heterocycles. The molecule has 0 unspecified atom stereocenters. The van der Waals surface area contributed by atoms with E-state index < -0.39 is 0 Å². The first-order valence-electron chi connectivity index (χ1n) is 5.73. The summed E-state index contributed by atoms with van der Waals surface area (Å²) in [6.07, 6.45) is 6.91. The highest BCUT2D eigenvalue weighted by Gasteiger charge is 2.26. The molecule has 0 N–H and O–H groups in total. The van der Waals surface area contributed by atoms with Crippen molar-refractivity contribution in [2.75, 3.05) is 0 Å². The van der Waals surface area contributed by atoms with Gasteiger partial charge in [0.1, 0.15) is 6.10 Å². The van der Waals surface area contributed by atoms with Crippen LogP contribution in [-0.4, -0.2) is 6.10 Å². The molecule has 1 aliphatic carbocycles. The van der Waals surface area contributed by atoms with E-state index in [1.165, 1.54) is 24.8 Å². The summed E-state index contributed by atoms with van der Waals surface area (Å²) in [7, 11) is 0. The fourth-order valence-electron chi connectivity index (χ4n) is 2.46. The predicted molar refractivity (Wildman–Crippen MR) is 62.7 cm³/mol. The average molecular weight is 202 g/mol. The molecule has 1 aromatic rings. The van der Waals surface area contributed by atoms with E-state index in [1.807, 2.05) is 0 Å². The quantitative estimate of drug-likeness (QED) is 0.676. The summed E-state index contributed by atoms with van der Waals surface area (Å²) in [5.41, 5.74) is 1.41. The van der Waals surface area contributed by atoms with E-state index in [-0.39, 0.29) is 0 Å². The third kappa shape index (κ3) is 2.41. The van der Waals surface area contributed by atoms with Gasteiger partial charge in [-0.15, -0.1) is 0 Å². The molecular formula is C14H18O. The fraction of sp³-hybridized carbons (Fsp3) is 0.429. The molecule has 1 aliphatic rings. The number of hydrogen-bond acceptors (Lipinski definition) is 1. The largest absolute Gasteiger partial charge is 0.498 e. The SMILES string of the molecule is C=CO[C@H]1CCCC[C@@H]1c1ccccc1. The van der Waals surface area contributed by atoms with Gasteiger partial charge in [0.25, 0.3) is 0 Å².